The summed E-state index contributed by atoms with van der Waals surface area (Å²) in [7, 11) is 0. The van der Waals surface area contributed by atoms with Crippen molar-refractivity contribution in [3.63, 3.8) is 0 Å². The maximum absolute atomic E-state index is 12.2. The van der Waals surface area contributed by atoms with Crippen molar-refractivity contribution < 1.29 is 13.7 Å². The number of halogens is 1. The molecule has 0 unspecified atom stereocenters. The van der Waals surface area contributed by atoms with E-state index in [1.54, 1.807) is 12.1 Å². The Labute approximate surface area is 193 Å². The van der Waals surface area contributed by atoms with E-state index in [9.17, 15) is 4.79 Å². The zero-order valence-corrected chi connectivity index (χ0v) is 19.0. The van der Waals surface area contributed by atoms with E-state index < -0.39 is 0 Å². The number of aromatic nitrogens is 4. The van der Waals surface area contributed by atoms with E-state index in [0.29, 0.717) is 45.7 Å². The van der Waals surface area contributed by atoms with Crippen LogP contribution in [0.4, 0.5) is 5.69 Å². The average Bonchev–Trinajstić information content (AvgIpc) is 3.44. The molecule has 0 aliphatic heterocycles. The standard InChI is InChI=1S/C22H20ClN5O3S/c1-13-6-8-15(9-7-13)21-26-27-22(30-21)32-12-18-25-20(31-28-18)11-10-19(29)24-17-5-3-4-16(23)14(17)2/h3-9H,10-12H2,1-2H3,(H,24,29). The maximum Gasteiger partial charge on any atom is 0.277 e. The number of aryl methyl sites for hydroxylation is 2. The van der Waals surface area contributed by atoms with Crippen molar-refractivity contribution in [2.75, 3.05) is 5.32 Å². The zero-order chi connectivity index (χ0) is 22.5. The molecule has 0 fully saturated rings. The molecule has 0 saturated carbocycles. The highest BCUT2D eigenvalue weighted by Gasteiger charge is 2.14. The molecule has 0 bridgehead atoms. The Bertz CT molecular complexity index is 1220. The SMILES string of the molecule is Cc1ccc(-c2nnc(SCc3noc(CCC(=O)Nc4cccc(Cl)c4C)n3)o2)cc1. The lowest BCUT2D eigenvalue weighted by Crippen LogP contribution is -2.13. The number of anilines is 1. The van der Waals surface area contributed by atoms with Gasteiger partial charge in [0.05, 0.1) is 5.75 Å². The molecule has 2 aromatic heterocycles. The largest absolute Gasteiger partial charge is 0.411 e. The summed E-state index contributed by atoms with van der Waals surface area (Å²) in [6.45, 7) is 3.87. The number of benzene rings is 2. The molecule has 164 valence electrons. The Morgan fingerprint density at radius 2 is 1.94 bits per heavy atom. The van der Waals surface area contributed by atoms with Gasteiger partial charge in [-0.25, -0.2) is 0 Å². The lowest BCUT2D eigenvalue weighted by molar-refractivity contribution is -0.116. The minimum Gasteiger partial charge on any atom is -0.411 e. The summed E-state index contributed by atoms with van der Waals surface area (Å²) in [6.07, 6.45) is 0.547. The predicted octanol–water partition coefficient (Wildman–Crippen LogP) is 5.25. The first kappa shape index (κ1) is 22.0. The van der Waals surface area contributed by atoms with Gasteiger partial charge in [0.15, 0.2) is 5.82 Å². The molecular weight excluding hydrogens is 450 g/mol. The van der Waals surface area contributed by atoms with E-state index in [1.165, 1.54) is 11.8 Å². The van der Waals surface area contributed by atoms with Crippen molar-refractivity contribution in [1.82, 2.24) is 20.3 Å². The molecule has 10 heteroatoms. The molecule has 0 spiro atoms. The summed E-state index contributed by atoms with van der Waals surface area (Å²) < 4.78 is 10.9. The van der Waals surface area contributed by atoms with Crippen molar-refractivity contribution in [2.24, 2.45) is 0 Å². The van der Waals surface area contributed by atoms with E-state index in [2.05, 4.69) is 25.7 Å². The quantitative estimate of drug-likeness (QED) is 0.348. The van der Waals surface area contributed by atoms with E-state index >= 15 is 0 Å². The average molecular weight is 470 g/mol. The fraction of sp³-hybridized carbons (Fsp3) is 0.227. The normalized spacial score (nSPS) is 11.0. The number of amides is 1. The van der Waals surface area contributed by atoms with Gasteiger partial charge in [-0.05, 0) is 43.7 Å². The van der Waals surface area contributed by atoms with Gasteiger partial charge in [-0.2, -0.15) is 4.98 Å². The molecule has 0 saturated heterocycles. The van der Waals surface area contributed by atoms with Crippen LogP contribution in [0.3, 0.4) is 0 Å². The Morgan fingerprint density at radius 3 is 2.75 bits per heavy atom. The highest BCUT2D eigenvalue weighted by atomic mass is 35.5. The first-order valence-corrected chi connectivity index (χ1v) is 11.2. The highest BCUT2D eigenvalue weighted by Crippen LogP contribution is 2.26. The third kappa shape index (κ3) is 5.54. The first-order valence-electron chi connectivity index (χ1n) is 9.87. The molecule has 0 radical (unpaired) electrons. The summed E-state index contributed by atoms with van der Waals surface area (Å²) in [5.41, 5.74) is 3.54. The summed E-state index contributed by atoms with van der Waals surface area (Å²) >= 11 is 7.40. The molecule has 0 aliphatic rings. The summed E-state index contributed by atoms with van der Waals surface area (Å²) in [5, 5.41) is 15.9. The van der Waals surface area contributed by atoms with Gasteiger partial charge in [0.2, 0.25) is 17.7 Å². The Hall–Kier alpha value is -3.17. The third-order valence-electron chi connectivity index (χ3n) is 4.65. The number of hydrogen-bond donors (Lipinski definition) is 1. The van der Waals surface area contributed by atoms with E-state index in [-0.39, 0.29) is 12.3 Å². The number of nitrogens with one attached hydrogen (secondary N) is 1. The van der Waals surface area contributed by atoms with E-state index in [0.717, 1.165) is 16.7 Å². The second-order valence-corrected chi connectivity index (χ2v) is 8.43. The van der Waals surface area contributed by atoms with Crippen LogP contribution in [-0.4, -0.2) is 26.2 Å². The number of rotatable bonds is 8. The van der Waals surface area contributed by atoms with Gasteiger partial charge >= 0.3 is 0 Å². The number of thioether (sulfide) groups is 1. The molecule has 32 heavy (non-hydrogen) atoms. The number of carbonyl (C=O) groups is 1. The number of nitrogens with zero attached hydrogens (tertiary/aromatic N) is 4. The van der Waals surface area contributed by atoms with E-state index in [1.807, 2.05) is 44.2 Å². The van der Waals surface area contributed by atoms with Crippen LogP contribution >= 0.6 is 23.4 Å². The van der Waals surface area contributed by atoms with Crippen molar-refractivity contribution in [2.45, 2.75) is 37.7 Å². The predicted molar refractivity (Wildman–Crippen MR) is 121 cm³/mol. The smallest absolute Gasteiger partial charge is 0.277 e. The molecule has 1 amide bonds. The maximum atomic E-state index is 12.2. The minimum atomic E-state index is -0.154. The zero-order valence-electron chi connectivity index (χ0n) is 17.5. The topological polar surface area (TPSA) is 107 Å². The van der Waals surface area contributed by atoms with Crippen LogP contribution in [0.25, 0.3) is 11.5 Å². The van der Waals surface area contributed by atoms with Crippen LogP contribution in [0.5, 0.6) is 0 Å². The van der Waals surface area contributed by atoms with Gasteiger partial charge in [-0.15, -0.1) is 10.2 Å². The monoisotopic (exact) mass is 469 g/mol. The fourth-order valence-electron chi connectivity index (χ4n) is 2.83. The van der Waals surface area contributed by atoms with Crippen LogP contribution in [0.1, 0.15) is 29.3 Å². The summed E-state index contributed by atoms with van der Waals surface area (Å²) in [4.78, 5) is 16.6. The second-order valence-electron chi connectivity index (χ2n) is 7.09. The van der Waals surface area contributed by atoms with Gasteiger partial charge in [0, 0.05) is 29.1 Å². The second kappa shape index (κ2) is 9.97. The van der Waals surface area contributed by atoms with Gasteiger partial charge in [-0.1, -0.05) is 52.3 Å². The van der Waals surface area contributed by atoms with Gasteiger partial charge in [0.1, 0.15) is 0 Å². The number of carbonyl (C=O) groups excluding carboxylic acids is 1. The summed E-state index contributed by atoms with van der Waals surface area (Å²) in [6, 6.07) is 13.2. The Kier molecular flexibility index (Phi) is 6.87. The van der Waals surface area contributed by atoms with Crippen LogP contribution in [0, 0.1) is 13.8 Å². The fourth-order valence-corrected chi connectivity index (χ4v) is 3.61. The lowest BCUT2D eigenvalue weighted by Gasteiger charge is -2.08. The van der Waals surface area contributed by atoms with E-state index in [4.69, 9.17) is 20.5 Å². The van der Waals surface area contributed by atoms with Crippen molar-refractivity contribution in [3.8, 4) is 11.5 Å². The summed E-state index contributed by atoms with van der Waals surface area (Å²) in [5.74, 6) is 1.60. The Balaban J connectivity index is 1.26. The van der Waals surface area contributed by atoms with Crippen molar-refractivity contribution >= 4 is 35.0 Å². The first-order chi connectivity index (χ1) is 15.5. The third-order valence-corrected chi connectivity index (χ3v) is 5.87. The molecule has 0 atom stereocenters. The van der Waals surface area contributed by atoms with Crippen LogP contribution in [-0.2, 0) is 17.0 Å². The molecular formula is C22H20ClN5O3S. The molecule has 4 aromatic rings. The van der Waals surface area contributed by atoms with Crippen molar-refractivity contribution in [1.29, 1.82) is 0 Å². The van der Waals surface area contributed by atoms with Gasteiger partial charge in [-0.3, -0.25) is 4.79 Å². The molecule has 0 aliphatic carbocycles. The molecule has 8 nitrogen and oxygen atoms in total. The number of hydrogen-bond acceptors (Lipinski definition) is 8. The van der Waals surface area contributed by atoms with Gasteiger partial charge in [0.25, 0.3) is 5.22 Å². The molecule has 2 aromatic carbocycles. The Morgan fingerprint density at radius 1 is 1.12 bits per heavy atom. The van der Waals surface area contributed by atoms with Crippen molar-refractivity contribution in [3.05, 3.63) is 70.3 Å². The lowest BCUT2D eigenvalue weighted by atomic mass is 10.1. The highest BCUT2D eigenvalue weighted by molar-refractivity contribution is 7.98. The van der Waals surface area contributed by atoms with Crippen LogP contribution < -0.4 is 5.32 Å². The van der Waals surface area contributed by atoms with Gasteiger partial charge < -0.3 is 14.3 Å². The molecule has 4 rings (SSSR count). The molecule has 1 N–H and O–H groups in total. The van der Waals surface area contributed by atoms with Crippen LogP contribution in [0.15, 0.2) is 56.6 Å². The molecule has 2 heterocycles. The minimum absolute atomic E-state index is 0.154. The van der Waals surface area contributed by atoms with Crippen LogP contribution in [0.2, 0.25) is 5.02 Å².